The summed E-state index contributed by atoms with van der Waals surface area (Å²) in [5.74, 6) is 0. The Kier molecular flexibility index (Phi) is 12.4. The second-order valence-electron chi connectivity index (χ2n) is 6.64. The number of H-pyrrole nitrogens is 1. The van der Waals surface area contributed by atoms with Crippen LogP contribution in [0.25, 0.3) is 10.8 Å². The molecule has 0 saturated carbocycles. The van der Waals surface area contributed by atoms with E-state index >= 15 is 0 Å². The number of fused-ring (bicyclic) bond motifs is 1. The summed E-state index contributed by atoms with van der Waals surface area (Å²) in [4.78, 5) is 2.91. The first-order valence-corrected chi connectivity index (χ1v) is 9.89. The molecule has 24 heavy (non-hydrogen) atoms. The molecule has 0 amide bonds. The van der Waals surface area contributed by atoms with Crippen LogP contribution < -0.4 is 30.0 Å². The van der Waals surface area contributed by atoms with E-state index in [0.717, 1.165) is 0 Å². The minimum atomic E-state index is -0.273. The van der Waals surface area contributed by atoms with Crippen molar-refractivity contribution in [1.82, 2.24) is 4.98 Å². The van der Waals surface area contributed by atoms with Gasteiger partial charge in [-0.2, -0.15) is 28.9 Å². The molecule has 0 bridgehead atoms. The van der Waals surface area contributed by atoms with Crippen molar-refractivity contribution < 1.29 is 51.0 Å². The molecule has 2 aromatic carbocycles. The van der Waals surface area contributed by atoms with Gasteiger partial charge in [0.25, 0.3) is 0 Å². The van der Waals surface area contributed by atoms with E-state index in [4.69, 9.17) is 0 Å². The van der Waals surface area contributed by atoms with Crippen LogP contribution in [0.3, 0.4) is 0 Å². The van der Waals surface area contributed by atoms with Crippen LogP contribution in [-0.2, 0) is 31.6 Å². The van der Waals surface area contributed by atoms with E-state index in [1.54, 1.807) is 5.19 Å². The van der Waals surface area contributed by atoms with E-state index in [2.05, 4.69) is 87.5 Å². The standard InChI is InChI=1S/C11H12Si.C8H12N.2ClH.Zr/c1-12(2)11-7-9-5-3-4-6-10(9)8-11;1-8(2,3)7-4-5-9-6-7;;;/h3-8H,1-2H3;4-5,9H,1-3H3;2*1H;/q2*-1;;;+4/p-2. The van der Waals surface area contributed by atoms with Gasteiger partial charge in [-0.05, 0) is 5.41 Å². The third-order valence-electron chi connectivity index (χ3n) is 3.54. The first kappa shape index (κ1) is 26.0. The van der Waals surface area contributed by atoms with Crippen molar-refractivity contribution in [2.24, 2.45) is 0 Å². The van der Waals surface area contributed by atoms with Crippen LogP contribution in [0.1, 0.15) is 26.3 Å². The molecule has 0 spiro atoms. The number of hydrogen-bond acceptors (Lipinski definition) is 0. The van der Waals surface area contributed by atoms with Crippen LogP contribution in [0.15, 0.2) is 48.7 Å². The minimum Gasteiger partial charge on any atom is -1.00 e. The van der Waals surface area contributed by atoms with Gasteiger partial charge >= 0.3 is 26.2 Å². The second kappa shape index (κ2) is 11.4. The van der Waals surface area contributed by atoms with Crippen LogP contribution in [0.4, 0.5) is 0 Å². The number of rotatable bonds is 1. The SMILES string of the molecule is CC(C)(C)c1[c-][nH]cc1.C[Si](C)c1cc2ccccc2[cH-]1.[Cl-].[Cl-].[Zr+4]. The quantitative estimate of drug-likeness (QED) is 0.344. The summed E-state index contributed by atoms with van der Waals surface area (Å²) in [6, 6.07) is 15.3. The van der Waals surface area contributed by atoms with Gasteiger partial charge in [0.2, 0.25) is 0 Å². The average molecular weight is 457 g/mol. The molecule has 1 N–H and O–H groups in total. The summed E-state index contributed by atoms with van der Waals surface area (Å²) in [5, 5.41) is 4.32. The van der Waals surface area contributed by atoms with Crippen LogP contribution >= 0.6 is 0 Å². The maximum absolute atomic E-state index is 3.05. The van der Waals surface area contributed by atoms with Gasteiger partial charge in [-0.15, -0.1) is 41.4 Å². The molecule has 0 fully saturated rings. The summed E-state index contributed by atoms with van der Waals surface area (Å²) in [6.45, 7) is 11.2. The molecule has 1 aromatic heterocycles. The molecule has 0 aliphatic rings. The van der Waals surface area contributed by atoms with Crippen LogP contribution in [0.2, 0.25) is 13.1 Å². The van der Waals surface area contributed by atoms with Crippen molar-refractivity contribution in [2.45, 2.75) is 39.3 Å². The zero-order valence-electron chi connectivity index (χ0n) is 14.9. The van der Waals surface area contributed by atoms with Gasteiger partial charge < -0.3 is 29.8 Å². The fourth-order valence-electron chi connectivity index (χ4n) is 2.16. The average Bonchev–Trinajstić information content (AvgIpc) is 3.08. The van der Waals surface area contributed by atoms with E-state index in [1.165, 1.54) is 16.3 Å². The molecule has 0 atom stereocenters. The normalized spacial score (nSPS) is 10.1. The van der Waals surface area contributed by atoms with E-state index in [1.807, 2.05) is 6.20 Å². The third-order valence-corrected chi connectivity index (χ3v) is 4.99. The predicted molar refractivity (Wildman–Crippen MR) is 95.0 cm³/mol. The van der Waals surface area contributed by atoms with Crippen molar-refractivity contribution in [1.29, 1.82) is 0 Å². The number of aromatic nitrogens is 1. The summed E-state index contributed by atoms with van der Waals surface area (Å²) in [6.07, 6.45) is 4.96. The fraction of sp³-hybridized carbons (Fsp3) is 0.316. The smallest absolute Gasteiger partial charge is 1.00 e. The molecule has 1 heterocycles. The number of benzene rings is 1. The molecule has 1 radical (unpaired) electrons. The molecule has 0 unspecified atom stereocenters. The zero-order chi connectivity index (χ0) is 15.5. The van der Waals surface area contributed by atoms with Gasteiger partial charge in [0.1, 0.15) is 0 Å². The maximum atomic E-state index is 3.05. The summed E-state index contributed by atoms with van der Waals surface area (Å²) < 4.78 is 0. The summed E-state index contributed by atoms with van der Waals surface area (Å²) in [7, 11) is -0.273. The van der Waals surface area contributed by atoms with Crippen molar-refractivity contribution in [3.63, 3.8) is 0 Å². The number of hydrogen-bond donors (Lipinski definition) is 1. The van der Waals surface area contributed by atoms with Gasteiger partial charge in [-0.3, -0.25) is 0 Å². The Morgan fingerprint density at radius 1 is 1.04 bits per heavy atom. The van der Waals surface area contributed by atoms with Gasteiger partial charge in [0, 0.05) is 0 Å². The molecule has 0 aliphatic carbocycles. The largest absolute Gasteiger partial charge is 4.00 e. The molecular weight excluding hydrogens is 432 g/mol. The Morgan fingerprint density at radius 2 is 1.67 bits per heavy atom. The van der Waals surface area contributed by atoms with E-state index in [-0.39, 0.29) is 65.2 Å². The Hall–Kier alpha value is -0.210. The monoisotopic (exact) mass is 454 g/mol. The zero-order valence-corrected chi connectivity index (χ0v) is 19.8. The minimum absolute atomic E-state index is 0. The van der Waals surface area contributed by atoms with E-state index in [0.29, 0.717) is 0 Å². The van der Waals surface area contributed by atoms with Gasteiger partial charge in [-0.1, -0.05) is 39.9 Å². The Balaban J connectivity index is 0. The van der Waals surface area contributed by atoms with Crippen LogP contribution in [0.5, 0.6) is 0 Å². The number of aromatic amines is 1. The van der Waals surface area contributed by atoms with Crippen molar-refractivity contribution in [3.05, 3.63) is 60.4 Å². The van der Waals surface area contributed by atoms with Crippen molar-refractivity contribution in [3.8, 4) is 0 Å². The predicted octanol–water partition coefficient (Wildman–Crippen LogP) is -1.36. The van der Waals surface area contributed by atoms with Gasteiger partial charge in [0.15, 0.2) is 0 Å². The Morgan fingerprint density at radius 3 is 2.08 bits per heavy atom. The molecule has 127 valence electrons. The molecule has 1 nitrogen and oxygen atoms in total. The van der Waals surface area contributed by atoms with Crippen molar-refractivity contribution >= 4 is 24.8 Å². The van der Waals surface area contributed by atoms with Crippen LogP contribution in [-0.4, -0.2) is 13.8 Å². The molecule has 5 heteroatoms. The first-order valence-electron chi connectivity index (χ1n) is 7.39. The molecule has 3 rings (SSSR count). The number of nitrogens with one attached hydrogen (secondary N) is 1. The van der Waals surface area contributed by atoms with E-state index in [9.17, 15) is 0 Å². The second-order valence-corrected chi connectivity index (χ2v) is 9.22. The Bertz CT molecular complexity index is 652. The fourth-order valence-corrected chi connectivity index (χ4v) is 3.05. The molecular formula is C19H24Cl2NSiZr. The third kappa shape index (κ3) is 7.35. The summed E-state index contributed by atoms with van der Waals surface area (Å²) >= 11 is 0. The maximum Gasteiger partial charge on any atom is 4.00 e. The van der Waals surface area contributed by atoms with Gasteiger partial charge in [0.05, 0.1) is 8.80 Å². The summed E-state index contributed by atoms with van der Waals surface area (Å²) in [5.41, 5.74) is 1.47. The van der Waals surface area contributed by atoms with E-state index < -0.39 is 0 Å². The van der Waals surface area contributed by atoms with Crippen LogP contribution in [0, 0.1) is 6.20 Å². The van der Waals surface area contributed by atoms with Gasteiger partial charge in [-0.25, -0.2) is 0 Å². The Labute approximate surface area is 179 Å². The first-order chi connectivity index (χ1) is 9.88. The molecule has 3 aromatic rings. The molecule has 0 saturated heterocycles. The number of halogens is 2. The topological polar surface area (TPSA) is 15.8 Å². The van der Waals surface area contributed by atoms with Crippen molar-refractivity contribution in [2.75, 3.05) is 0 Å². The molecule has 0 aliphatic heterocycles.